The fourth-order valence-electron chi connectivity index (χ4n) is 0.285. The summed E-state index contributed by atoms with van der Waals surface area (Å²) in [4.78, 5) is 7.37. The van der Waals surface area contributed by atoms with E-state index >= 15 is 0 Å². The van der Waals surface area contributed by atoms with Crippen LogP contribution < -0.4 is 51.4 Å². The molecule has 4 heteroatoms. The van der Waals surface area contributed by atoms with Crippen LogP contribution in [0, 0.1) is 0 Å². The minimum atomic E-state index is 0. The van der Waals surface area contributed by atoms with Gasteiger partial charge in [-0.1, -0.05) is 0 Å². The van der Waals surface area contributed by atoms with Crippen molar-refractivity contribution in [3.8, 4) is 0 Å². The van der Waals surface area contributed by atoms with Crippen molar-refractivity contribution in [1.29, 1.82) is 0 Å². The molecule has 0 radical (unpaired) electrons. The van der Waals surface area contributed by atoms with Crippen LogP contribution in [0.15, 0.2) is 23.6 Å². The van der Waals surface area contributed by atoms with Gasteiger partial charge in [0.15, 0.2) is 0 Å². The number of hydrogen-bond donors (Lipinski definition) is 0. The molecule has 0 aliphatic heterocycles. The molecular formula is C4H3KN2S. The van der Waals surface area contributed by atoms with E-state index in [2.05, 4.69) is 22.6 Å². The Kier molecular flexibility index (Phi) is 5.34. The average molecular weight is 150 g/mol. The zero-order valence-electron chi connectivity index (χ0n) is 4.53. The zero-order valence-corrected chi connectivity index (χ0v) is 8.47. The SMILES string of the molecule is [K+].[S-]c1ncccn1. The van der Waals surface area contributed by atoms with Crippen LogP contribution in [0.3, 0.4) is 0 Å². The molecule has 1 aromatic heterocycles. The second-order valence-corrected chi connectivity index (χ2v) is 1.40. The van der Waals surface area contributed by atoms with Crippen LogP contribution in [0.25, 0.3) is 0 Å². The smallest absolute Gasteiger partial charge is 0.740 e. The van der Waals surface area contributed by atoms with Crippen LogP contribution in [-0.2, 0) is 12.6 Å². The van der Waals surface area contributed by atoms with Crippen LogP contribution in [0.5, 0.6) is 0 Å². The summed E-state index contributed by atoms with van der Waals surface area (Å²) in [5.74, 6) is 0. The van der Waals surface area contributed by atoms with Crippen molar-refractivity contribution in [2.24, 2.45) is 0 Å². The maximum atomic E-state index is 4.59. The fraction of sp³-hybridized carbons (Fsp3) is 0. The number of rotatable bonds is 0. The minimum absolute atomic E-state index is 0. The molecule has 0 fully saturated rings. The van der Waals surface area contributed by atoms with E-state index in [0.29, 0.717) is 5.16 Å². The monoisotopic (exact) mass is 150 g/mol. The first-order chi connectivity index (χ1) is 3.39. The summed E-state index contributed by atoms with van der Waals surface area (Å²) in [6.45, 7) is 0. The third-order valence-corrected chi connectivity index (χ3v) is 0.753. The molecule has 1 rings (SSSR count). The number of aromatic nitrogens is 2. The molecule has 0 aromatic carbocycles. The third kappa shape index (κ3) is 3.06. The van der Waals surface area contributed by atoms with E-state index < -0.39 is 0 Å². The van der Waals surface area contributed by atoms with Crippen molar-refractivity contribution in [2.75, 3.05) is 0 Å². The van der Waals surface area contributed by atoms with Gasteiger partial charge in [0.1, 0.15) is 0 Å². The standard InChI is InChI=1S/C4H4N2S.K/c7-4-5-2-1-3-6-4;/h1-3H,(H,5,6,7);/q;+1/p-1. The first-order valence-corrected chi connectivity index (χ1v) is 2.24. The third-order valence-electron chi connectivity index (χ3n) is 0.542. The molecule has 0 atom stereocenters. The van der Waals surface area contributed by atoms with Crippen molar-refractivity contribution < 1.29 is 51.4 Å². The maximum absolute atomic E-state index is 4.59. The molecular weight excluding hydrogens is 147 g/mol. The average Bonchev–Trinajstić information content (AvgIpc) is 1.69. The van der Waals surface area contributed by atoms with Crippen LogP contribution in [0.2, 0.25) is 0 Å². The van der Waals surface area contributed by atoms with E-state index in [0.717, 1.165) is 0 Å². The van der Waals surface area contributed by atoms with E-state index in [1.54, 1.807) is 18.5 Å². The van der Waals surface area contributed by atoms with Gasteiger partial charge in [0, 0.05) is 17.6 Å². The molecule has 0 unspecified atom stereocenters. The minimum Gasteiger partial charge on any atom is -0.740 e. The first kappa shape index (κ1) is 8.94. The Bertz CT molecular complexity index is 144. The van der Waals surface area contributed by atoms with Gasteiger partial charge < -0.3 is 12.6 Å². The molecule has 8 heavy (non-hydrogen) atoms. The van der Waals surface area contributed by atoms with E-state index in [1.807, 2.05) is 0 Å². The Balaban J connectivity index is 0.000000490. The summed E-state index contributed by atoms with van der Waals surface area (Å²) in [7, 11) is 0. The summed E-state index contributed by atoms with van der Waals surface area (Å²) in [6, 6.07) is 1.73. The van der Waals surface area contributed by atoms with Crippen molar-refractivity contribution >= 4 is 12.6 Å². The second-order valence-electron chi connectivity index (χ2n) is 1.03. The predicted octanol–water partition coefficient (Wildman–Crippen LogP) is -2.61. The Morgan fingerprint density at radius 2 is 1.75 bits per heavy atom. The van der Waals surface area contributed by atoms with Gasteiger partial charge in [-0.3, -0.25) is 9.97 Å². The summed E-state index contributed by atoms with van der Waals surface area (Å²) in [5, 5.41) is 0.405. The fourth-order valence-corrected chi connectivity index (χ4v) is 0.407. The van der Waals surface area contributed by atoms with E-state index in [9.17, 15) is 0 Å². The van der Waals surface area contributed by atoms with Crippen LogP contribution in [-0.4, -0.2) is 9.97 Å². The summed E-state index contributed by atoms with van der Waals surface area (Å²) in [5.41, 5.74) is 0. The molecule has 0 spiro atoms. The normalized spacial score (nSPS) is 7.50. The molecule has 0 bridgehead atoms. The van der Waals surface area contributed by atoms with Gasteiger partial charge in [-0.05, 0) is 6.07 Å². The molecule has 0 saturated heterocycles. The Morgan fingerprint density at radius 3 is 2.00 bits per heavy atom. The van der Waals surface area contributed by atoms with Crippen LogP contribution in [0.4, 0.5) is 0 Å². The van der Waals surface area contributed by atoms with Crippen molar-refractivity contribution in [1.82, 2.24) is 9.97 Å². The summed E-state index contributed by atoms with van der Waals surface area (Å²) >= 11 is 4.59. The molecule has 0 aliphatic rings. The van der Waals surface area contributed by atoms with Crippen molar-refractivity contribution in [3.63, 3.8) is 0 Å². The van der Waals surface area contributed by atoms with Gasteiger partial charge >= 0.3 is 51.4 Å². The Labute approximate surface area is 95.9 Å². The van der Waals surface area contributed by atoms with Crippen molar-refractivity contribution in [2.45, 2.75) is 5.16 Å². The predicted molar refractivity (Wildman–Crippen MR) is 27.7 cm³/mol. The van der Waals surface area contributed by atoms with Gasteiger partial charge in [-0.2, -0.15) is 0 Å². The number of hydrogen-bond acceptors (Lipinski definition) is 3. The second kappa shape index (κ2) is 4.78. The molecule has 0 aliphatic carbocycles. The molecule has 0 N–H and O–H groups in total. The van der Waals surface area contributed by atoms with Gasteiger partial charge in [-0.15, -0.1) is 0 Å². The topological polar surface area (TPSA) is 25.8 Å². The van der Waals surface area contributed by atoms with E-state index in [4.69, 9.17) is 0 Å². The van der Waals surface area contributed by atoms with Gasteiger partial charge in [-0.25, -0.2) is 0 Å². The molecule has 36 valence electrons. The van der Waals surface area contributed by atoms with Gasteiger partial charge in [0.2, 0.25) is 0 Å². The van der Waals surface area contributed by atoms with Gasteiger partial charge in [0.05, 0.1) is 0 Å². The Hall–Kier alpha value is 0.936. The molecule has 0 amide bonds. The van der Waals surface area contributed by atoms with Crippen LogP contribution in [0.1, 0.15) is 0 Å². The van der Waals surface area contributed by atoms with Crippen molar-refractivity contribution in [3.05, 3.63) is 18.5 Å². The first-order valence-electron chi connectivity index (χ1n) is 1.83. The molecule has 2 nitrogen and oxygen atoms in total. The summed E-state index contributed by atoms with van der Waals surface area (Å²) in [6.07, 6.45) is 3.24. The largest absolute Gasteiger partial charge is 1.00 e. The quantitative estimate of drug-likeness (QED) is 0.230. The molecule has 1 heterocycles. The van der Waals surface area contributed by atoms with E-state index in [1.165, 1.54) is 0 Å². The maximum Gasteiger partial charge on any atom is 1.00 e. The molecule has 0 saturated carbocycles. The van der Waals surface area contributed by atoms with Crippen LogP contribution >= 0.6 is 0 Å². The Morgan fingerprint density at radius 1 is 1.25 bits per heavy atom. The zero-order chi connectivity index (χ0) is 5.11. The van der Waals surface area contributed by atoms with Gasteiger partial charge in [0.25, 0.3) is 0 Å². The van der Waals surface area contributed by atoms with E-state index in [-0.39, 0.29) is 51.4 Å². The molecule has 1 aromatic rings. The number of nitrogens with zero attached hydrogens (tertiary/aromatic N) is 2. The summed E-state index contributed by atoms with van der Waals surface area (Å²) < 4.78 is 0.